The summed E-state index contributed by atoms with van der Waals surface area (Å²) < 4.78 is 10.4. The van der Waals surface area contributed by atoms with E-state index in [1.54, 1.807) is 6.26 Å². The topological polar surface area (TPSA) is 52.1 Å². The van der Waals surface area contributed by atoms with Gasteiger partial charge in [0.05, 0.1) is 11.8 Å². The summed E-state index contributed by atoms with van der Waals surface area (Å²) in [6, 6.07) is 11.5. The number of hydrogen-bond donors (Lipinski definition) is 0. The van der Waals surface area contributed by atoms with Crippen LogP contribution in [-0.2, 0) is 0 Å². The van der Waals surface area contributed by atoms with Crippen LogP contribution >= 0.6 is 0 Å². The van der Waals surface area contributed by atoms with Crippen molar-refractivity contribution in [3.8, 4) is 22.8 Å². The molecule has 0 unspecified atom stereocenters. The lowest BCUT2D eigenvalue weighted by molar-refractivity contribution is 0.430. The summed E-state index contributed by atoms with van der Waals surface area (Å²) in [7, 11) is 0. The van der Waals surface area contributed by atoms with Crippen LogP contribution in [0.2, 0.25) is 0 Å². The highest BCUT2D eigenvalue weighted by Gasteiger charge is 2.13. The van der Waals surface area contributed by atoms with Crippen LogP contribution in [0.15, 0.2) is 51.6 Å². The van der Waals surface area contributed by atoms with Gasteiger partial charge in [-0.15, -0.1) is 0 Å². The van der Waals surface area contributed by atoms with Gasteiger partial charge in [-0.1, -0.05) is 35.5 Å². The quantitative estimate of drug-likeness (QED) is 0.672. The molecule has 0 aliphatic carbocycles. The number of aromatic nitrogens is 2. The molecule has 3 rings (SSSR count). The summed E-state index contributed by atoms with van der Waals surface area (Å²) in [6.07, 6.45) is 1.61. The molecule has 0 fully saturated rings. The lowest BCUT2D eigenvalue weighted by Gasteiger charge is -1.90. The fraction of sp³-hybridized carbons (Fsp3) is 0.0769. The second kappa shape index (κ2) is 3.90. The molecular formula is C13H10N2O2. The molecule has 0 aliphatic rings. The van der Waals surface area contributed by atoms with Gasteiger partial charge >= 0.3 is 0 Å². The average Bonchev–Trinajstić information content (AvgIpc) is 2.98. The van der Waals surface area contributed by atoms with Gasteiger partial charge in [-0.2, -0.15) is 4.98 Å². The van der Waals surface area contributed by atoms with E-state index in [-0.39, 0.29) is 0 Å². The summed E-state index contributed by atoms with van der Waals surface area (Å²) >= 11 is 0. The maximum absolute atomic E-state index is 5.22. The van der Waals surface area contributed by atoms with Crippen molar-refractivity contribution in [2.45, 2.75) is 6.92 Å². The first-order valence-electron chi connectivity index (χ1n) is 5.28. The smallest absolute Gasteiger partial charge is 0.261 e. The van der Waals surface area contributed by atoms with Crippen molar-refractivity contribution in [1.29, 1.82) is 0 Å². The molecule has 0 radical (unpaired) electrons. The number of nitrogens with zero attached hydrogens (tertiary/aromatic N) is 2. The SMILES string of the molecule is Cc1occc1-c1nc(-c2ccccc2)no1. The Kier molecular flexibility index (Phi) is 2.26. The Balaban J connectivity index is 2.02. The van der Waals surface area contributed by atoms with Crippen molar-refractivity contribution in [1.82, 2.24) is 10.1 Å². The molecule has 0 atom stereocenters. The molecule has 1 aromatic carbocycles. The molecule has 17 heavy (non-hydrogen) atoms. The van der Waals surface area contributed by atoms with Gasteiger partial charge < -0.3 is 8.94 Å². The zero-order valence-corrected chi connectivity index (χ0v) is 9.25. The maximum Gasteiger partial charge on any atom is 0.261 e. The first kappa shape index (κ1) is 9.84. The lowest BCUT2D eigenvalue weighted by atomic mass is 10.2. The van der Waals surface area contributed by atoms with Crippen LogP contribution in [0.4, 0.5) is 0 Å². The van der Waals surface area contributed by atoms with Crippen molar-refractivity contribution in [2.24, 2.45) is 0 Å². The first-order chi connectivity index (χ1) is 8.34. The van der Waals surface area contributed by atoms with Gasteiger partial charge in [0.1, 0.15) is 5.76 Å². The summed E-state index contributed by atoms with van der Waals surface area (Å²) in [6.45, 7) is 1.86. The van der Waals surface area contributed by atoms with E-state index < -0.39 is 0 Å². The van der Waals surface area contributed by atoms with Crippen molar-refractivity contribution in [3.63, 3.8) is 0 Å². The molecule has 0 amide bonds. The van der Waals surface area contributed by atoms with Crippen LogP contribution in [0.25, 0.3) is 22.8 Å². The molecule has 0 saturated heterocycles. The van der Waals surface area contributed by atoms with Gasteiger partial charge in [-0.25, -0.2) is 0 Å². The second-order valence-electron chi connectivity index (χ2n) is 3.68. The van der Waals surface area contributed by atoms with Gasteiger partial charge in [0.2, 0.25) is 5.82 Å². The van der Waals surface area contributed by atoms with Crippen molar-refractivity contribution in [3.05, 3.63) is 48.4 Å². The number of aryl methyl sites for hydroxylation is 1. The predicted molar refractivity (Wildman–Crippen MR) is 62.2 cm³/mol. The molecular weight excluding hydrogens is 216 g/mol. The average molecular weight is 226 g/mol. The standard InChI is InChI=1S/C13H10N2O2/c1-9-11(7-8-16-9)13-14-12(15-17-13)10-5-3-2-4-6-10/h2-8H,1H3. The zero-order chi connectivity index (χ0) is 11.7. The molecule has 4 nitrogen and oxygen atoms in total. The van der Waals surface area contributed by atoms with Crippen LogP contribution in [0.3, 0.4) is 0 Å². The Morgan fingerprint density at radius 2 is 1.88 bits per heavy atom. The van der Waals surface area contributed by atoms with Gasteiger partial charge in [-0.05, 0) is 13.0 Å². The molecule has 0 spiro atoms. The van der Waals surface area contributed by atoms with E-state index in [1.165, 1.54) is 0 Å². The van der Waals surface area contributed by atoms with Gasteiger partial charge in [-0.3, -0.25) is 0 Å². The van der Waals surface area contributed by atoms with E-state index in [0.29, 0.717) is 11.7 Å². The van der Waals surface area contributed by atoms with Crippen molar-refractivity contribution >= 4 is 0 Å². The van der Waals surface area contributed by atoms with E-state index >= 15 is 0 Å². The van der Waals surface area contributed by atoms with Crippen LogP contribution in [0, 0.1) is 6.92 Å². The van der Waals surface area contributed by atoms with Crippen molar-refractivity contribution < 1.29 is 8.94 Å². The van der Waals surface area contributed by atoms with Crippen LogP contribution < -0.4 is 0 Å². The third kappa shape index (κ3) is 1.73. The van der Waals surface area contributed by atoms with Crippen LogP contribution in [0.1, 0.15) is 5.76 Å². The fourth-order valence-corrected chi connectivity index (χ4v) is 1.64. The van der Waals surface area contributed by atoms with Crippen LogP contribution in [0.5, 0.6) is 0 Å². The molecule has 0 aliphatic heterocycles. The Labute approximate surface area is 97.9 Å². The highest BCUT2D eigenvalue weighted by molar-refractivity contribution is 5.60. The lowest BCUT2D eigenvalue weighted by Crippen LogP contribution is -1.80. The maximum atomic E-state index is 5.22. The second-order valence-corrected chi connectivity index (χ2v) is 3.68. The predicted octanol–water partition coefficient (Wildman–Crippen LogP) is 3.31. The normalized spacial score (nSPS) is 10.6. The van der Waals surface area contributed by atoms with E-state index in [2.05, 4.69) is 10.1 Å². The summed E-state index contributed by atoms with van der Waals surface area (Å²) in [5.41, 5.74) is 1.77. The molecule has 0 saturated carbocycles. The molecule has 84 valence electrons. The number of benzene rings is 1. The third-order valence-electron chi connectivity index (χ3n) is 2.55. The fourth-order valence-electron chi connectivity index (χ4n) is 1.64. The molecule has 4 heteroatoms. The van der Waals surface area contributed by atoms with E-state index in [0.717, 1.165) is 16.9 Å². The monoisotopic (exact) mass is 226 g/mol. The molecule has 0 bridgehead atoms. The Bertz CT molecular complexity index is 626. The van der Waals surface area contributed by atoms with Gasteiger partial charge in [0, 0.05) is 5.56 Å². The van der Waals surface area contributed by atoms with Gasteiger partial charge in [0.25, 0.3) is 5.89 Å². The largest absolute Gasteiger partial charge is 0.469 e. The summed E-state index contributed by atoms with van der Waals surface area (Å²) in [4.78, 5) is 4.35. The minimum Gasteiger partial charge on any atom is -0.469 e. The number of rotatable bonds is 2. The first-order valence-corrected chi connectivity index (χ1v) is 5.28. The minimum atomic E-state index is 0.482. The Hall–Kier alpha value is -2.36. The minimum absolute atomic E-state index is 0.482. The summed E-state index contributed by atoms with van der Waals surface area (Å²) in [5, 5.41) is 3.96. The van der Waals surface area contributed by atoms with Crippen molar-refractivity contribution in [2.75, 3.05) is 0 Å². The number of hydrogen-bond acceptors (Lipinski definition) is 4. The molecule has 3 aromatic rings. The molecule has 2 aromatic heterocycles. The highest BCUT2D eigenvalue weighted by atomic mass is 16.5. The molecule has 0 N–H and O–H groups in total. The zero-order valence-electron chi connectivity index (χ0n) is 9.25. The Morgan fingerprint density at radius 3 is 2.59 bits per heavy atom. The third-order valence-corrected chi connectivity index (χ3v) is 2.55. The molecule has 2 heterocycles. The van der Waals surface area contributed by atoms with Gasteiger partial charge in [0.15, 0.2) is 0 Å². The summed E-state index contributed by atoms with van der Waals surface area (Å²) in [5.74, 6) is 1.84. The van der Waals surface area contributed by atoms with E-state index in [1.807, 2.05) is 43.3 Å². The number of furan rings is 1. The van der Waals surface area contributed by atoms with Crippen LogP contribution in [-0.4, -0.2) is 10.1 Å². The van der Waals surface area contributed by atoms with E-state index in [9.17, 15) is 0 Å². The van der Waals surface area contributed by atoms with E-state index in [4.69, 9.17) is 8.94 Å². The Morgan fingerprint density at radius 1 is 1.06 bits per heavy atom. The highest BCUT2D eigenvalue weighted by Crippen LogP contribution is 2.25.